The maximum absolute atomic E-state index is 10.2. The van der Waals surface area contributed by atoms with Gasteiger partial charge in [0.05, 0.1) is 27.6 Å². The lowest BCUT2D eigenvalue weighted by molar-refractivity contribution is 0.591. The van der Waals surface area contributed by atoms with Gasteiger partial charge < -0.3 is 4.57 Å². The molecule has 10 heteroatoms. The number of hydrogen-bond acceptors (Lipinski definition) is 3. The van der Waals surface area contributed by atoms with Gasteiger partial charge in [0.2, 0.25) is 5.95 Å². The Morgan fingerprint density at radius 2 is 1.04 bits per heavy atom. The molecule has 0 atom stereocenters. The number of nitrogens with zero attached hydrogens (tertiary/aromatic N) is 5. The molecule has 0 aliphatic heterocycles. The first kappa shape index (κ1) is 32.9. The highest BCUT2D eigenvalue weighted by Gasteiger charge is 2.21. The van der Waals surface area contributed by atoms with Crippen molar-refractivity contribution in [1.82, 2.24) is 19.1 Å². The summed E-state index contributed by atoms with van der Waals surface area (Å²) in [6, 6.07) is 39.2. The molecule has 248 valence electrons. The van der Waals surface area contributed by atoms with Crippen LogP contribution in [0.25, 0.3) is 77.3 Å². The van der Waals surface area contributed by atoms with E-state index in [1.165, 1.54) is 60.4 Å². The highest BCUT2D eigenvalue weighted by Crippen LogP contribution is 2.38. The van der Waals surface area contributed by atoms with Crippen molar-refractivity contribution in [3.05, 3.63) is 114 Å². The van der Waals surface area contributed by atoms with E-state index < -0.39 is 0 Å². The van der Waals surface area contributed by atoms with Gasteiger partial charge in [-0.1, -0.05) is 97.2 Å². The number of rotatable bonds is 3. The molecular weight excluding hydrogens is 641 g/mol. The lowest BCUT2D eigenvalue weighted by atomic mass is 9.61. The van der Waals surface area contributed by atoms with E-state index in [0.29, 0.717) is 11.6 Å². The first-order chi connectivity index (χ1) is 25.5. The Morgan fingerprint density at radius 1 is 0.528 bits per heavy atom. The number of hydrogen-bond donors (Lipinski definition) is 0. The summed E-state index contributed by atoms with van der Waals surface area (Å²) in [4.78, 5) is 9.94. The van der Waals surface area contributed by atoms with Gasteiger partial charge in [0.25, 0.3) is 0 Å². The number of benzene rings is 6. The fourth-order valence-corrected chi connectivity index (χ4v) is 8.35. The zero-order chi connectivity index (χ0) is 36.9. The number of para-hydroxylation sites is 2. The lowest BCUT2D eigenvalue weighted by Crippen LogP contribution is -2.56. The van der Waals surface area contributed by atoms with Crippen molar-refractivity contribution < 1.29 is 0 Å². The molecule has 0 bridgehead atoms. The summed E-state index contributed by atoms with van der Waals surface area (Å²) in [6.45, 7) is 6.57. The van der Waals surface area contributed by atoms with Crippen LogP contribution in [0.2, 0.25) is 0 Å². The van der Waals surface area contributed by atoms with Crippen molar-refractivity contribution in [3.8, 4) is 28.8 Å². The molecule has 0 saturated carbocycles. The second kappa shape index (κ2) is 11.8. The van der Waals surface area contributed by atoms with Crippen LogP contribution in [0.4, 0.5) is 0 Å². The van der Waals surface area contributed by atoms with E-state index in [9.17, 15) is 5.26 Å². The van der Waals surface area contributed by atoms with Crippen LogP contribution in [0.5, 0.6) is 0 Å². The van der Waals surface area contributed by atoms with Gasteiger partial charge in [-0.05, 0) is 70.6 Å². The van der Waals surface area contributed by atoms with E-state index in [1.807, 2.05) is 12.1 Å². The summed E-state index contributed by atoms with van der Waals surface area (Å²) in [7, 11) is 11.3. The molecule has 0 aliphatic rings. The summed E-state index contributed by atoms with van der Waals surface area (Å²) in [5.41, 5.74) is 17.0. The Kier molecular flexibility index (Phi) is 7.33. The minimum absolute atomic E-state index is 0.0517. The molecule has 0 unspecified atom stereocenters. The SMILES string of the molecule is Bc1c(B)c(B)c(-n2c3ccccc3c3cc(-c4ccc5c(c4)c4ccccc4n5-c4nc(C#N)c5ccc(C(C)(C)C)cc5n4)ccc32)c(B)c1B. The molecule has 53 heavy (non-hydrogen) atoms. The van der Waals surface area contributed by atoms with Gasteiger partial charge in [-0.2, -0.15) is 5.26 Å². The number of nitriles is 1. The highest BCUT2D eigenvalue weighted by atomic mass is 15.2. The second-order valence-electron chi connectivity index (χ2n) is 15.6. The Hall–Kier alpha value is -5.93. The number of fused-ring (bicyclic) bond motifs is 7. The first-order valence-corrected chi connectivity index (χ1v) is 18.3. The van der Waals surface area contributed by atoms with E-state index in [-0.39, 0.29) is 5.41 Å². The predicted octanol–water partition coefficient (Wildman–Crippen LogP) is 1.95. The van der Waals surface area contributed by atoms with Crippen LogP contribution in [-0.4, -0.2) is 58.3 Å². The van der Waals surface area contributed by atoms with Gasteiger partial charge >= 0.3 is 0 Å². The molecule has 9 rings (SSSR count). The van der Waals surface area contributed by atoms with Crippen molar-refractivity contribution in [3.63, 3.8) is 0 Å². The van der Waals surface area contributed by atoms with Gasteiger partial charge in [0.15, 0.2) is 5.69 Å². The molecule has 3 aromatic heterocycles. The molecule has 3 heterocycles. The second-order valence-corrected chi connectivity index (χ2v) is 15.6. The molecule has 9 aromatic rings. The summed E-state index contributed by atoms with van der Waals surface area (Å²) in [5.74, 6) is 0.500. The van der Waals surface area contributed by atoms with Crippen LogP contribution in [0.1, 0.15) is 32.0 Å². The molecule has 0 N–H and O–H groups in total. The van der Waals surface area contributed by atoms with Crippen LogP contribution < -0.4 is 27.3 Å². The quantitative estimate of drug-likeness (QED) is 0.269. The van der Waals surface area contributed by atoms with Gasteiger partial charge in [-0.25, -0.2) is 9.97 Å². The van der Waals surface area contributed by atoms with E-state index in [4.69, 9.17) is 9.97 Å². The van der Waals surface area contributed by atoms with Crippen LogP contribution in [0.3, 0.4) is 0 Å². The van der Waals surface area contributed by atoms with Crippen LogP contribution in [-0.2, 0) is 5.41 Å². The molecule has 6 aromatic carbocycles. The molecule has 0 aliphatic carbocycles. The summed E-state index contributed by atoms with van der Waals surface area (Å²) in [5, 5.41) is 15.7. The standard InChI is InChI=1S/C43H36B5N5/c1-43(2,3)24-14-15-27-30(20-24)50-42(51-31(27)21-49)53-33-11-7-5-9-26(33)29-19-23(13-17-35(29)53)22-12-16-34-28(18-22)25-8-4-6-10-32(25)52(34)41-39(47)37(45)36(44)38(46)40(41)48/h4-20H,44-48H2,1-3H3. The molecule has 0 spiro atoms. The zero-order valence-corrected chi connectivity index (χ0v) is 31.6. The van der Waals surface area contributed by atoms with Crippen molar-refractivity contribution in [1.29, 1.82) is 5.26 Å². The maximum Gasteiger partial charge on any atom is 0.236 e. The van der Waals surface area contributed by atoms with Crippen molar-refractivity contribution in [2.24, 2.45) is 0 Å². The van der Waals surface area contributed by atoms with E-state index in [0.717, 1.165) is 43.8 Å². The number of aromatic nitrogens is 4. The Labute approximate surface area is 313 Å². The van der Waals surface area contributed by atoms with E-state index in [1.54, 1.807) is 0 Å². The van der Waals surface area contributed by atoms with E-state index in [2.05, 4.69) is 166 Å². The molecule has 0 radical (unpaired) electrons. The van der Waals surface area contributed by atoms with Crippen LogP contribution >= 0.6 is 0 Å². The third-order valence-corrected chi connectivity index (χ3v) is 11.7. The summed E-state index contributed by atoms with van der Waals surface area (Å²) < 4.78 is 4.57. The summed E-state index contributed by atoms with van der Waals surface area (Å²) >= 11 is 0. The monoisotopic (exact) mass is 677 g/mol. The van der Waals surface area contributed by atoms with Crippen molar-refractivity contribution in [2.45, 2.75) is 26.2 Å². The smallest absolute Gasteiger partial charge is 0.236 e. The normalized spacial score (nSPS) is 12.0. The van der Waals surface area contributed by atoms with Gasteiger partial charge in [0.1, 0.15) is 45.3 Å². The Bertz CT molecular complexity index is 3040. The Morgan fingerprint density at radius 3 is 1.60 bits per heavy atom. The predicted molar refractivity (Wildman–Crippen MR) is 238 cm³/mol. The van der Waals surface area contributed by atoms with Crippen molar-refractivity contribution in [2.75, 3.05) is 0 Å². The largest absolute Gasteiger partial charge is 0.310 e. The third kappa shape index (κ3) is 4.91. The minimum Gasteiger partial charge on any atom is -0.310 e. The fourth-order valence-electron chi connectivity index (χ4n) is 8.35. The molecular formula is C43H36B5N5. The van der Waals surface area contributed by atoms with Gasteiger partial charge in [-0.3, -0.25) is 4.57 Å². The van der Waals surface area contributed by atoms with Gasteiger partial charge in [0, 0.05) is 32.6 Å². The highest BCUT2D eigenvalue weighted by molar-refractivity contribution is 6.68. The zero-order valence-electron chi connectivity index (χ0n) is 31.6. The molecule has 5 nitrogen and oxygen atoms in total. The lowest BCUT2D eigenvalue weighted by Gasteiger charge is -2.22. The average molecular weight is 677 g/mol. The van der Waals surface area contributed by atoms with E-state index >= 15 is 0 Å². The topological polar surface area (TPSA) is 59.4 Å². The molecule has 0 saturated heterocycles. The minimum atomic E-state index is -0.0517. The third-order valence-electron chi connectivity index (χ3n) is 11.7. The summed E-state index contributed by atoms with van der Waals surface area (Å²) in [6.07, 6.45) is 0. The maximum atomic E-state index is 10.2. The molecule has 0 fully saturated rings. The molecule has 0 amide bonds. The van der Waals surface area contributed by atoms with Crippen LogP contribution in [0, 0.1) is 11.3 Å². The Balaban J connectivity index is 1.25. The van der Waals surface area contributed by atoms with Crippen LogP contribution in [0.15, 0.2) is 103 Å². The fraction of sp³-hybridized carbons (Fsp3) is 0.0930. The van der Waals surface area contributed by atoms with Crippen molar-refractivity contribution >= 4 is 121 Å². The average Bonchev–Trinajstić information content (AvgIpc) is 3.67. The first-order valence-electron chi connectivity index (χ1n) is 18.3. The van der Waals surface area contributed by atoms with Gasteiger partial charge in [-0.15, -0.1) is 5.46 Å².